The van der Waals surface area contributed by atoms with E-state index in [0.717, 1.165) is 42.4 Å². The van der Waals surface area contributed by atoms with Gasteiger partial charge >= 0.3 is 0 Å². The normalized spacial score (nSPS) is 56.9. The average Bonchev–Trinajstić information content (AvgIpc) is 3.02. The molecule has 4 aliphatic carbocycles. The van der Waals surface area contributed by atoms with Crippen LogP contribution in [0, 0.1) is 40.4 Å². The molecule has 9 atom stereocenters. The van der Waals surface area contributed by atoms with Gasteiger partial charge in [0, 0.05) is 0 Å². The van der Waals surface area contributed by atoms with Gasteiger partial charge in [-0.05, 0) is 118 Å². The molecule has 0 amide bonds. The molecule has 6 bridgehead atoms. The third-order valence-electron chi connectivity index (χ3n) is 11.6. The first kappa shape index (κ1) is 20.8. The van der Waals surface area contributed by atoms with Crippen LogP contribution in [-0.4, -0.2) is 22.4 Å². The molecule has 4 saturated carbocycles. The van der Waals surface area contributed by atoms with Gasteiger partial charge in [-0.1, -0.05) is 33.6 Å². The van der Waals surface area contributed by atoms with Gasteiger partial charge < -0.3 is 9.84 Å². The van der Waals surface area contributed by atoms with E-state index in [1.807, 2.05) is 0 Å². The van der Waals surface area contributed by atoms with E-state index >= 15 is 0 Å². The van der Waals surface area contributed by atoms with Crippen LogP contribution in [0.1, 0.15) is 112 Å². The standard InChI is InChI=1S/C27H46O2/c1-18-8-11-23(28)24(2,3)29-27-15-7-6-14-26(27,5)22-13-16-25(4)20(18)9-10-21(25)19(22)12-17-27/h18-23,28H,6-17H2,1-5H3/t18-,19-,20-,21-,22?,23?,25-,26-,27?/m1/s1. The van der Waals surface area contributed by atoms with Gasteiger partial charge in [0.05, 0.1) is 17.3 Å². The Morgan fingerprint density at radius 2 is 1.45 bits per heavy atom. The van der Waals surface area contributed by atoms with Gasteiger partial charge in [0.15, 0.2) is 0 Å². The van der Waals surface area contributed by atoms with Crippen LogP contribution >= 0.6 is 0 Å². The lowest BCUT2D eigenvalue weighted by Gasteiger charge is -2.66. The summed E-state index contributed by atoms with van der Waals surface area (Å²) in [7, 11) is 0. The summed E-state index contributed by atoms with van der Waals surface area (Å²) in [6, 6.07) is 0. The molecule has 6 rings (SSSR count). The predicted octanol–water partition coefficient (Wildman–Crippen LogP) is 6.74. The summed E-state index contributed by atoms with van der Waals surface area (Å²) in [5.74, 6) is 4.26. The molecule has 6 fully saturated rings. The minimum atomic E-state index is -0.444. The summed E-state index contributed by atoms with van der Waals surface area (Å²) >= 11 is 0. The van der Waals surface area contributed by atoms with Crippen molar-refractivity contribution in [1.82, 2.24) is 0 Å². The summed E-state index contributed by atoms with van der Waals surface area (Å²) < 4.78 is 7.19. The van der Waals surface area contributed by atoms with Crippen LogP contribution in [0.25, 0.3) is 0 Å². The van der Waals surface area contributed by atoms with Crippen LogP contribution in [-0.2, 0) is 4.74 Å². The molecule has 2 saturated heterocycles. The Balaban J connectivity index is 1.61. The van der Waals surface area contributed by atoms with Crippen LogP contribution in [0.5, 0.6) is 0 Å². The van der Waals surface area contributed by atoms with Gasteiger partial charge in [-0.25, -0.2) is 0 Å². The molecule has 0 aromatic heterocycles. The van der Waals surface area contributed by atoms with Crippen molar-refractivity contribution < 1.29 is 9.84 Å². The number of ether oxygens (including phenoxy) is 1. The van der Waals surface area contributed by atoms with Crippen LogP contribution in [0.2, 0.25) is 0 Å². The molecule has 166 valence electrons. The van der Waals surface area contributed by atoms with Gasteiger partial charge in [-0.2, -0.15) is 0 Å². The van der Waals surface area contributed by atoms with Gasteiger partial charge in [0.2, 0.25) is 0 Å². The second-order valence-electron chi connectivity index (χ2n) is 13.0. The van der Waals surface area contributed by atoms with Crippen molar-refractivity contribution in [2.75, 3.05) is 0 Å². The highest BCUT2D eigenvalue weighted by Gasteiger charge is 2.65. The molecule has 1 N–H and O–H groups in total. The molecule has 1 spiro atoms. The van der Waals surface area contributed by atoms with E-state index in [1.165, 1.54) is 64.2 Å². The summed E-state index contributed by atoms with van der Waals surface area (Å²) in [4.78, 5) is 0. The predicted molar refractivity (Wildman–Crippen MR) is 119 cm³/mol. The monoisotopic (exact) mass is 402 g/mol. The van der Waals surface area contributed by atoms with Crippen molar-refractivity contribution >= 4 is 0 Å². The van der Waals surface area contributed by atoms with E-state index in [4.69, 9.17) is 4.74 Å². The van der Waals surface area contributed by atoms with Crippen molar-refractivity contribution in [2.24, 2.45) is 40.4 Å². The molecular weight excluding hydrogens is 356 g/mol. The maximum Gasteiger partial charge on any atom is 0.0892 e. The molecular formula is C27H46O2. The molecule has 29 heavy (non-hydrogen) atoms. The number of hydrogen-bond acceptors (Lipinski definition) is 2. The molecule has 2 nitrogen and oxygen atoms in total. The lowest BCUT2D eigenvalue weighted by Crippen LogP contribution is -2.64. The molecule has 2 heteroatoms. The fourth-order valence-electron chi connectivity index (χ4n) is 9.97. The first-order valence-corrected chi connectivity index (χ1v) is 13.0. The summed E-state index contributed by atoms with van der Waals surface area (Å²) in [6.45, 7) is 12.1. The zero-order valence-corrected chi connectivity index (χ0v) is 19.8. The van der Waals surface area contributed by atoms with Crippen molar-refractivity contribution in [1.29, 1.82) is 0 Å². The maximum atomic E-state index is 11.3. The third-order valence-corrected chi connectivity index (χ3v) is 11.6. The van der Waals surface area contributed by atoms with Crippen molar-refractivity contribution in [2.45, 2.75) is 129 Å². The van der Waals surface area contributed by atoms with E-state index in [9.17, 15) is 5.11 Å². The fraction of sp³-hybridized carbons (Fsp3) is 1.00. The Bertz CT molecular complexity index is 642. The molecule has 0 radical (unpaired) electrons. The van der Waals surface area contributed by atoms with Crippen LogP contribution in [0.15, 0.2) is 0 Å². The van der Waals surface area contributed by atoms with E-state index in [0.29, 0.717) is 10.8 Å². The zero-order chi connectivity index (χ0) is 20.7. The molecule has 2 aliphatic heterocycles. The number of hydrogen-bond donors (Lipinski definition) is 1. The Kier molecular flexibility index (Phi) is 4.81. The fourth-order valence-corrected chi connectivity index (χ4v) is 9.97. The molecule has 6 aliphatic rings. The highest BCUT2D eigenvalue weighted by molar-refractivity contribution is 5.15. The SMILES string of the molecule is C[C@@H]1CCC(O)C(C)(C)OC23CCCC[C@]2(C)C2CC[C@]4(C)[C@@H]1CC[C@@H]4[C@H]2CC3. The van der Waals surface area contributed by atoms with Crippen LogP contribution < -0.4 is 0 Å². The van der Waals surface area contributed by atoms with E-state index in [2.05, 4.69) is 34.6 Å². The highest BCUT2D eigenvalue weighted by atomic mass is 16.5. The maximum absolute atomic E-state index is 11.3. The zero-order valence-electron chi connectivity index (χ0n) is 19.8. The van der Waals surface area contributed by atoms with E-state index in [-0.39, 0.29) is 11.7 Å². The Labute approximate surface area is 179 Å². The first-order chi connectivity index (χ1) is 13.6. The van der Waals surface area contributed by atoms with Crippen molar-refractivity contribution in [3.05, 3.63) is 0 Å². The number of fused-ring (bicyclic) bond motifs is 7. The quantitative estimate of drug-likeness (QED) is 0.486. The van der Waals surface area contributed by atoms with Gasteiger partial charge in [-0.3, -0.25) is 0 Å². The molecule has 0 aromatic rings. The number of rotatable bonds is 0. The van der Waals surface area contributed by atoms with Crippen molar-refractivity contribution in [3.8, 4) is 0 Å². The lowest BCUT2D eigenvalue weighted by atomic mass is 9.43. The first-order valence-electron chi connectivity index (χ1n) is 13.0. The topological polar surface area (TPSA) is 29.5 Å². The Hall–Kier alpha value is -0.0800. The minimum absolute atomic E-state index is 0.0116. The summed E-state index contributed by atoms with van der Waals surface area (Å²) in [5, 5.41) is 11.3. The van der Waals surface area contributed by atoms with E-state index in [1.54, 1.807) is 0 Å². The highest BCUT2D eigenvalue weighted by Crippen LogP contribution is 2.70. The van der Waals surface area contributed by atoms with Gasteiger partial charge in [0.1, 0.15) is 0 Å². The largest absolute Gasteiger partial charge is 0.390 e. The summed E-state index contributed by atoms with van der Waals surface area (Å²) in [6.07, 6.45) is 15.3. The van der Waals surface area contributed by atoms with Gasteiger partial charge in [-0.15, -0.1) is 0 Å². The van der Waals surface area contributed by atoms with Crippen molar-refractivity contribution in [3.63, 3.8) is 0 Å². The molecule has 0 aromatic carbocycles. The lowest BCUT2D eigenvalue weighted by molar-refractivity contribution is -0.282. The Morgan fingerprint density at radius 3 is 2.24 bits per heavy atom. The third kappa shape index (κ3) is 2.80. The second kappa shape index (κ2) is 6.71. The molecule has 3 unspecified atom stereocenters. The summed E-state index contributed by atoms with van der Waals surface area (Å²) in [5.41, 5.74) is 0.383. The molecule has 2 heterocycles. The second-order valence-corrected chi connectivity index (χ2v) is 13.0. The average molecular weight is 403 g/mol. The van der Waals surface area contributed by atoms with Gasteiger partial charge in [0.25, 0.3) is 0 Å². The van der Waals surface area contributed by atoms with Crippen LogP contribution in [0.3, 0.4) is 0 Å². The number of aliphatic hydroxyl groups is 1. The van der Waals surface area contributed by atoms with E-state index < -0.39 is 5.60 Å². The van der Waals surface area contributed by atoms with Crippen LogP contribution in [0.4, 0.5) is 0 Å². The number of aliphatic hydroxyl groups excluding tert-OH is 1. The minimum Gasteiger partial charge on any atom is -0.390 e. The Morgan fingerprint density at radius 1 is 0.724 bits per heavy atom. The smallest absolute Gasteiger partial charge is 0.0892 e.